The molecule has 0 saturated carbocycles. The number of guanidine groups is 1. The van der Waals surface area contributed by atoms with Gasteiger partial charge in [0.15, 0.2) is 5.96 Å². The quantitative estimate of drug-likeness (QED) is 0.581. The number of primary amides is 1. The van der Waals surface area contributed by atoms with Gasteiger partial charge in [-0.3, -0.25) is 9.79 Å². The number of likely N-dealkylation sites (tertiary alicyclic amines) is 1. The summed E-state index contributed by atoms with van der Waals surface area (Å²) in [5, 5.41) is 3.21. The van der Waals surface area contributed by atoms with Crippen molar-refractivity contribution in [1.29, 1.82) is 0 Å². The second kappa shape index (κ2) is 3.86. The van der Waals surface area contributed by atoms with E-state index in [0.29, 0.717) is 0 Å². The highest BCUT2D eigenvalue weighted by Crippen LogP contribution is 2.17. The van der Waals surface area contributed by atoms with Gasteiger partial charge in [-0.05, 0) is 19.3 Å². The number of amides is 1. The van der Waals surface area contributed by atoms with Crippen LogP contribution in [0.2, 0.25) is 0 Å². The van der Waals surface area contributed by atoms with E-state index >= 15 is 0 Å². The number of hydrogen-bond acceptors (Lipinski definition) is 4. The van der Waals surface area contributed by atoms with Crippen LogP contribution < -0.4 is 11.1 Å². The molecular weight excluding hydrogens is 180 g/mol. The first-order chi connectivity index (χ1) is 6.79. The molecule has 1 fully saturated rings. The molecule has 14 heavy (non-hydrogen) atoms. The van der Waals surface area contributed by atoms with Crippen molar-refractivity contribution < 1.29 is 4.79 Å². The number of carbonyl (C=O) groups is 1. The molecule has 2 aliphatic rings. The summed E-state index contributed by atoms with van der Waals surface area (Å²) >= 11 is 0. The number of nitrogens with zero attached hydrogens (tertiary/aromatic N) is 2. The lowest BCUT2D eigenvalue weighted by molar-refractivity contribution is -0.121. The van der Waals surface area contributed by atoms with Crippen LogP contribution in [0.3, 0.4) is 0 Å². The van der Waals surface area contributed by atoms with E-state index in [2.05, 4.69) is 10.3 Å². The van der Waals surface area contributed by atoms with Gasteiger partial charge in [0.1, 0.15) is 6.04 Å². The van der Waals surface area contributed by atoms with Crippen molar-refractivity contribution in [3.63, 3.8) is 0 Å². The van der Waals surface area contributed by atoms with Crippen LogP contribution in [-0.4, -0.2) is 42.4 Å². The van der Waals surface area contributed by atoms with E-state index < -0.39 is 0 Å². The van der Waals surface area contributed by atoms with Gasteiger partial charge >= 0.3 is 0 Å². The average molecular weight is 196 g/mol. The van der Waals surface area contributed by atoms with Crippen LogP contribution in [-0.2, 0) is 4.79 Å². The number of nitrogens with one attached hydrogen (secondary N) is 1. The Labute approximate surface area is 83.4 Å². The molecule has 0 aromatic carbocycles. The molecule has 0 aromatic rings. The lowest BCUT2D eigenvalue weighted by Crippen LogP contribution is -2.50. The summed E-state index contributed by atoms with van der Waals surface area (Å²) in [5.41, 5.74) is 5.33. The molecule has 78 valence electrons. The molecule has 5 heteroatoms. The predicted octanol–water partition coefficient (Wildman–Crippen LogP) is -0.715. The molecule has 5 nitrogen and oxygen atoms in total. The van der Waals surface area contributed by atoms with E-state index in [1.807, 2.05) is 4.90 Å². The summed E-state index contributed by atoms with van der Waals surface area (Å²) in [6.07, 6.45) is 2.95. The minimum Gasteiger partial charge on any atom is -0.368 e. The summed E-state index contributed by atoms with van der Waals surface area (Å²) < 4.78 is 0. The van der Waals surface area contributed by atoms with Gasteiger partial charge < -0.3 is 16.0 Å². The van der Waals surface area contributed by atoms with Crippen molar-refractivity contribution in [2.24, 2.45) is 10.7 Å². The van der Waals surface area contributed by atoms with Crippen molar-refractivity contribution in [1.82, 2.24) is 10.2 Å². The monoisotopic (exact) mass is 196 g/mol. The molecule has 2 aliphatic heterocycles. The molecule has 2 heterocycles. The number of carbonyl (C=O) groups excluding carboxylic acids is 1. The van der Waals surface area contributed by atoms with Gasteiger partial charge in [-0.2, -0.15) is 0 Å². The second-order valence-electron chi connectivity index (χ2n) is 3.74. The Kier molecular flexibility index (Phi) is 2.56. The third-order valence-electron chi connectivity index (χ3n) is 2.73. The van der Waals surface area contributed by atoms with Crippen LogP contribution in [0, 0.1) is 0 Å². The van der Waals surface area contributed by atoms with E-state index in [1.165, 1.54) is 0 Å². The Morgan fingerprint density at radius 2 is 2.43 bits per heavy atom. The second-order valence-corrected chi connectivity index (χ2v) is 3.74. The largest absolute Gasteiger partial charge is 0.368 e. The zero-order valence-electron chi connectivity index (χ0n) is 8.20. The molecule has 1 atom stereocenters. The van der Waals surface area contributed by atoms with E-state index in [0.717, 1.165) is 44.9 Å². The molecule has 0 radical (unpaired) electrons. The van der Waals surface area contributed by atoms with Gasteiger partial charge in [-0.1, -0.05) is 0 Å². The Bertz CT molecular complexity index is 264. The van der Waals surface area contributed by atoms with E-state index in [9.17, 15) is 4.79 Å². The standard InChI is InChI=1S/C9H16N4O/c10-8(14)7-3-1-6-13(7)9-11-4-2-5-12-9/h7H,1-6H2,(H2,10,14)(H,11,12). The van der Waals surface area contributed by atoms with Crippen molar-refractivity contribution in [3.05, 3.63) is 0 Å². The van der Waals surface area contributed by atoms with Crippen LogP contribution in [0.15, 0.2) is 4.99 Å². The smallest absolute Gasteiger partial charge is 0.240 e. The Hall–Kier alpha value is -1.26. The van der Waals surface area contributed by atoms with Gasteiger partial charge in [0.05, 0.1) is 0 Å². The highest BCUT2D eigenvalue weighted by Gasteiger charge is 2.31. The molecule has 1 saturated heterocycles. The summed E-state index contributed by atoms with van der Waals surface area (Å²) in [6.45, 7) is 2.69. The molecule has 1 unspecified atom stereocenters. The van der Waals surface area contributed by atoms with Crippen molar-refractivity contribution in [3.8, 4) is 0 Å². The normalized spacial score (nSPS) is 27.0. The third kappa shape index (κ3) is 1.66. The fraction of sp³-hybridized carbons (Fsp3) is 0.778. The maximum Gasteiger partial charge on any atom is 0.240 e. The first-order valence-corrected chi connectivity index (χ1v) is 5.13. The summed E-state index contributed by atoms with van der Waals surface area (Å²) in [7, 11) is 0. The fourth-order valence-electron chi connectivity index (χ4n) is 2.03. The highest BCUT2D eigenvalue weighted by atomic mass is 16.1. The van der Waals surface area contributed by atoms with Gasteiger partial charge in [-0.25, -0.2) is 0 Å². The number of rotatable bonds is 1. The summed E-state index contributed by atoms with van der Waals surface area (Å²) in [5.74, 6) is 0.620. The maximum absolute atomic E-state index is 11.2. The molecule has 0 bridgehead atoms. The van der Waals surface area contributed by atoms with Crippen molar-refractivity contribution in [2.75, 3.05) is 19.6 Å². The van der Waals surface area contributed by atoms with Gasteiger partial charge in [0, 0.05) is 19.6 Å². The Morgan fingerprint density at radius 3 is 3.07 bits per heavy atom. The lowest BCUT2D eigenvalue weighted by Gasteiger charge is -2.28. The SMILES string of the molecule is NC(=O)C1CCCN1C1=NCCCN1. The highest BCUT2D eigenvalue weighted by molar-refractivity contribution is 5.89. The third-order valence-corrected chi connectivity index (χ3v) is 2.73. The first-order valence-electron chi connectivity index (χ1n) is 5.13. The molecular formula is C9H16N4O. The van der Waals surface area contributed by atoms with Crippen LogP contribution in [0.4, 0.5) is 0 Å². The summed E-state index contributed by atoms with van der Waals surface area (Å²) in [6, 6.07) is -0.153. The van der Waals surface area contributed by atoms with E-state index in [4.69, 9.17) is 5.73 Å². The first kappa shape index (κ1) is 9.30. The zero-order chi connectivity index (χ0) is 9.97. The topological polar surface area (TPSA) is 70.7 Å². The van der Waals surface area contributed by atoms with Crippen molar-refractivity contribution >= 4 is 11.9 Å². The fourth-order valence-corrected chi connectivity index (χ4v) is 2.03. The maximum atomic E-state index is 11.2. The number of aliphatic imine (C=N–C) groups is 1. The minimum absolute atomic E-state index is 0.153. The van der Waals surface area contributed by atoms with Gasteiger partial charge in [-0.15, -0.1) is 0 Å². The van der Waals surface area contributed by atoms with Gasteiger partial charge in [0.25, 0.3) is 0 Å². The van der Waals surface area contributed by atoms with Crippen molar-refractivity contribution in [2.45, 2.75) is 25.3 Å². The van der Waals surface area contributed by atoms with Crippen LogP contribution in [0.5, 0.6) is 0 Å². The molecule has 0 aromatic heterocycles. The number of nitrogens with two attached hydrogens (primary N) is 1. The Morgan fingerprint density at radius 1 is 1.57 bits per heavy atom. The van der Waals surface area contributed by atoms with Gasteiger partial charge in [0.2, 0.25) is 5.91 Å². The molecule has 2 rings (SSSR count). The van der Waals surface area contributed by atoms with E-state index in [-0.39, 0.29) is 11.9 Å². The zero-order valence-corrected chi connectivity index (χ0v) is 8.20. The minimum atomic E-state index is -0.238. The predicted molar refractivity (Wildman–Crippen MR) is 53.8 cm³/mol. The Balaban J connectivity index is 2.08. The van der Waals surface area contributed by atoms with E-state index in [1.54, 1.807) is 0 Å². The lowest BCUT2D eigenvalue weighted by atomic mass is 10.2. The summed E-state index contributed by atoms with van der Waals surface area (Å²) in [4.78, 5) is 17.5. The average Bonchev–Trinajstić information content (AvgIpc) is 2.67. The molecule has 0 spiro atoms. The molecule has 3 N–H and O–H groups in total. The van der Waals surface area contributed by atoms with Crippen LogP contribution >= 0.6 is 0 Å². The van der Waals surface area contributed by atoms with Crippen LogP contribution in [0.25, 0.3) is 0 Å². The molecule has 0 aliphatic carbocycles. The van der Waals surface area contributed by atoms with Crippen LogP contribution in [0.1, 0.15) is 19.3 Å². The number of hydrogen-bond donors (Lipinski definition) is 2. The molecule has 1 amide bonds.